The Morgan fingerprint density at radius 2 is 2.00 bits per heavy atom. The smallest absolute Gasteiger partial charge is 0.269 e. The zero-order chi connectivity index (χ0) is 19.3. The van der Waals surface area contributed by atoms with Crippen LogP contribution in [0, 0.1) is 6.92 Å². The van der Waals surface area contributed by atoms with Crippen LogP contribution in [-0.2, 0) is 0 Å². The normalized spacial score (nSPS) is 11.4. The van der Waals surface area contributed by atoms with Crippen molar-refractivity contribution in [2.45, 2.75) is 6.92 Å². The van der Waals surface area contributed by atoms with Crippen LogP contribution in [0.3, 0.4) is 0 Å². The van der Waals surface area contributed by atoms with Crippen molar-refractivity contribution in [3.63, 3.8) is 0 Å². The van der Waals surface area contributed by atoms with Gasteiger partial charge >= 0.3 is 0 Å². The van der Waals surface area contributed by atoms with Crippen LogP contribution in [0.5, 0.6) is 5.75 Å². The van der Waals surface area contributed by atoms with Crippen molar-refractivity contribution in [2.75, 3.05) is 7.11 Å². The maximum Gasteiger partial charge on any atom is 0.269 e. The molecule has 4 aromatic heterocycles. The standard InChI is InChI=1S/C18H14N8O2/c1-10-21-18-22-12-7-8-25(17-19-9-20-23-17)16(27)14(12)15(26(18)24-10)11-5-3-4-6-13(11)28-2/h3-9H,1-2H3,(H,19,20,23). The number of aryl methyl sites for hydroxylation is 1. The Hall–Kier alpha value is -4.08. The molecule has 0 unspecified atom stereocenters. The Bertz CT molecular complexity index is 1380. The molecule has 138 valence electrons. The lowest BCUT2D eigenvalue weighted by atomic mass is 10.1. The monoisotopic (exact) mass is 374 g/mol. The molecule has 0 radical (unpaired) electrons. The van der Waals surface area contributed by atoms with Crippen molar-refractivity contribution in [1.29, 1.82) is 0 Å². The number of H-pyrrole nitrogens is 1. The number of para-hydroxylation sites is 1. The van der Waals surface area contributed by atoms with E-state index in [0.717, 1.165) is 0 Å². The van der Waals surface area contributed by atoms with Crippen LogP contribution < -0.4 is 10.3 Å². The Kier molecular flexibility index (Phi) is 3.44. The zero-order valence-electron chi connectivity index (χ0n) is 15.0. The van der Waals surface area contributed by atoms with Gasteiger partial charge < -0.3 is 4.74 Å². The van der Waals surface area contributed by atoms with E-state index in [2.05, 4.69) is 30.2 Å². The Labute approximate surface area is 157 Å². The minimum atomic E-state index is -0.308. The molecule has 0 atom stereocenters. The van der Waals surface area contributed by atoms with E-state index in [0.29, 0.717) is 45.5 Å². The van der Waals surface area contributed by atoms with Crippen LogP contribution in [0.2, 0.25) is 0 Å². The summed E-state index contributed by atoms with van der Waals surface area (Å²) in [5.41, 5.74) is 1.45. The van der Waals surface area contributed by atoms with E-state index in [9.17, 15) is 4.79 Å². The number of hydrogen-bond acceptors (Lipinski definition) is 7. The van der Waals surface area contributed by atoms with Gasteiger partial charge in [-0.3, -0.25) is 9.36 Å². The number of aromatic amines is 1. The fourth-order valence-electron chi connectivity index (χ4n) is 3.25. The van der Waals surface area contributed by atoms with Gasteiger partial charge in [0.2, 0.25) is 5.95 Å². The largest absolute Gasteiger partial charge is 0.496 e. The van der Waals surface area contributed by atoms with Gasteiger partial charge in [-0.15, -0.1) is 5.10 Å². The summed E-state index contributed by atoms with van der Waals surface area (Å²) in [4.78, 5) is 26.4. The lowest BCUT2D eigenvalue weighted by Crippen LogP contribution is -2.21. The highest BCUT2D eigenvalue weighted by atomic mass is 16.5. The summed E-state index contributed by atoms with van der Waals surface area (Å²) in [6.07, 6.45) is 2.94. The van der Waals surface area contributed by atoms with E-state index in [1.165, 1.54) is 10.9 Å². The fourth-order valence-corrected chi connectivity index (χ4v) is 3.25. The van der Waals surface area contributed by atoms with E-state index in [-0.39, 0.29) is 5.56 Å². The molecular weight excluding hydrogens is 360 g/mol. The molecule has 5 rings (SSSR count). The molecule has 28 heavy (non-hydrogen) atoms. The van der Waals surface area contributed by atoms with Gasteiger partial charge in [-0.1, -0.05) is 12.1 Å². The summed E-state index contributed by atoms with van der Waals surface area (Å²) in [6.45, 7) is 1.78. The number of benzene rings is 1. The molecule has 4 heterocycles. The minimum Gasteiger partial charge on any atom is -0.496 e. The SMILES string of the molecule is COc1ccccc1-c1c2c(=O)n(-c3ncn[nH]3)ccc2nc2nc(C)nn12. The molecule has 0 fully saturated rings. The van der Waals surface area contributed by atoms with Gasteiger partial charge in [0.1, 0.15) is 17.9 Å². The quantitative estimate of drug-likeness (QED) is 0.509. The van der Waals surface area contributed by atoms with Gasteiger partial charge in [-0.25, -0.2) is 10.1 Å². The van der Waals surface area contributed by atoms with Crippen LogP contribution in [0.15, 0.2) is 47.7 Å². The van der Waals surface area contributed by atoms with Gasteiger partial charge in [0.15, 0.2) is 0 Å². The molecule has 10 nitrogen and oxygen atoms in total. The molecule has 0 spiro atoms. The fraction of sp³-hybridized carbons (Fsp3) is 0.111. The Morgan fingerprint density at radius 3 is 2.79 bits per heavy atom. The average molecular weight is 374 g/mol. The predicted octanol–water partition coefficient (Wildman–Crippen LogP) is 1.53. The van der Waals surface area contributed by atoms with E-state index in [4.69, 9.17) is 4.74 Å². The molecule has 0 amide bonds. The van der Waals surface area contributed by atoms with E-state index in [1.807, 2.05) is 24.3 Å². The number of nitrogens with zero attached hydrogens (tertiary/aromatic N) is 7. The van der Waals surface area contributed by atoms with Crippen molar-refractivity contribution in [1.82, 2.24) is 39.3 Å². The van der Waals surface area contributed by atoms with Crippen LogP contribution in [-0.4, -0.2) is 46.4 Å². The number of ether oxygens (including phenoxy) is 1. The first-order valence-corrected chi connectivity index (χ1v) is 8.45. The Morgan fingerprint density at radius 1 is 1.14 bits per heavy atom. The first-order chi connectivity index (χ1) is 13.7. The highest BCUT2D eigenvalue weighted by molar-refractivity contribution is 5.94. The van der Waals surface area contributed by atoms with Gasteiger partial charge in [0, 0.05) is 11.8 Å². The molecule has 0 aliphatic rings. The first kappa shape index (κ1) is 16.1. The maximum absolute atomic E-state index is 13.4. The van der Waals surface area contributed by atoms with Gasteiger partial charge in [-0.05, 0) is 25.1 Å². The zero-order valence-corrected chi connectivity index (χ0v) is 15.0. The second-order valence-electron chi connectivity index (χ2n) is 6.09. The number of rotatable bonds is 3. The molecule has 5 aromatic rings. The van der Waals surface area contributed by atoms with Crippen molar-refractivity contribution in [2.24, 2.45) is 0 Å². The van der Waals surface area contributed by atoms with Crippen LogP contribution in [0.4, 0.5) is 0 Å². The second-order valence-corrected chi connectivity index (χ2v) is 6.09. The third kappa shape index (κ3) is 2.28. The highest BCUT2D eigenvalue weighted by Crippen LogP contribution is 2.33. The predicted molar refractivity (Wildman–Crippen MR) is 101 cm³/mol. The summed E-state index contributed by atoms with van der Waals surface area (Å²) in [5, 5.41) is 11.4. The van der Waals surface area contributed by atoms with Crippen LogP contribution in [0.25, 0.3) is 33.9 Å². The number of aromatic nitrogens is 8. The molecule has 1 aromatic carbocycles. The van der Waals surface area contributed by atoms with Crippen LogP contribution >= 0.6 is 0 Å². The van der Waals surface area contributed by atoms with E-state index < -0.39 is 0 Å². The van der Waals surface area contributed by atoms with Gasteiger partial charge in [0.05, 0.1) is 23.7 Å². The number of fused-ring (bicyclic) bond motifs is 2. The number of hydrogen-bond donors (Lipinski definition) is 1. The summed E-state index contributed by atoms with van der Waals surface area (Å²) in [5.74, 6) is 1.88. The average Bonchev–Trinajstić information content (AvgIpc) is 3.35. The molecule has 1 N–H and O–H groups in total. The van der Waals surface area contributed by atoms with Crippen LogP contribution in [0.1, 0.15) is 5.82 Å². The molecule has 0 saturated heterocycles. The second kappa shape index (κ2) is 5.98. The number of methoxy groups -OCH3 is 1. The molecule has 0 aliphatic heterocycles. The topological polar surface area (TPSA) is 116 Å². The summed E-state index contributed by atoms with van der Waals surface area (Å²) in [7, 11) is 1.58. The lowest BCUT2D eigenvalue weighted by molar-refractivity contribution is 0.416. The van der Waals surface area contributed by atoms with E-state index in [1.54, 1.807) is 30.8 Å². The van der Waals surface area contributed by atoms with Crippen molar-refractivity contribution in [3.8, 4) is 23.0 Å². The molecule has 10 heteroatoms. The summed E-state index contributed by atoms with van der Waals surface area (Å²) in [6, 6.07) is 9.17. The van der Waals surface area contributed by atoms with E-state index >= 15 is 0 Å². The molecular formula is C18H14N8O2. The third-order valence-electron chi connectivity index (χ3n) is 4.43. The lowest BCUT2D eigenvalue weighted by Gasteiger charge is -2.12. The molecule has 0 saturated carbocycles. The van der Waals surface area contributed by atoms with Crippen molar-refractivity contribution >= 4 is 16.7 Å². The van der Waals surface area contributed by atoms with Crippen molar-refractivity contribution < 1.29 is 4.74 Å². The van der Waals surface area contributed by atoms with Gasteiger partial charge in [0.25, 0.3) is 11.3 Å². The summed E-state index contributed by atoms with van der Waals surface area (Å²) < 4.78 is 8.48. The third-order valence-corrected chi connectivity index (χ3v) is 4.43. The number of nitrogens with one attached hydrogen (secondary N) is 1. The minimum absolute atomic E-state index is 0.308. The highest BCUT2D eigenvalue weighted by Gasteiger charge is 2.21. The molecule has 0 bridgehead atoms. The first-order valence-electron chi connectivity index (χ1n) is 8.45. The van der Waals surface area contributed by atoms with Gasteiger partial charge in [-0.2, -0.15) is 19.6 Å². The van der Waals surface area contributed by atoms with Crippen molar-refractivity contribution in [3.05, 3.63) is 59.0 Å². The summed E-state index contributed by atoms with van der Waals surface area (Å²) >= 11 is 0. The Balaban J connectivity index is 1.99. The molecule has 0 aliphatic carbocycles. The maximum atomic E-state index is 13.4. The number of pyridine rings is 1.